The van der Waals surface area contributed by atoms with E-state index >= 15 is 0 Å². The molecule has 0 spiro atoms. The standard InChI is InChI=1S/C15H16ClNO/c1-11-6-7-14(16)15(8-11)18-13-5-3-4-12(9-13)10-17-2/h3-9,17H,10H2,1-2H3. The third-order valence-electron chi connectivity index (χ3n) is 2.59. The van der Waals surface area contributed by atoms with E-state index in [2.05, 4.69) is 11.4 Å². The number of aryl methyl sites for hydroxylation is 1. The summed E-state index contributed by atoms with van der Waals surface area (Å²) in [6.07, 6.45) is 0. The molecule has 0 saturated heterocycles. The molecule has 0 bridgehead atoms. The van der Waals surface area contributed by atoms with Gasteiger partial charge in [0.1, 0.15) is 11.5 Å². The van der Waals surface area contributed by atoms with Gasteiger partial charge in [0, 0.05) is 6.54 Å². The van der Waals surface area contributed by atoms with Gasteiger partial charge in [0.15, 0.2) is 0 Å². The van der Waals surface area contributed by atoms with E-state index in [0.29, 0.717) is 10.8 Å². The van der Waals surface area contributed by atoms with E-state index < -0.39 is 0 Å². The molecule has 94 valence electrons. The third kappa shape index (κ3) is 3.25. The molecule has 2 rings (SSSR count). The summed E-state index contributed by atoms with van der Waals surface area (Å²) in [5, 5.41) is 3.74. The van der Waals surface area contributed by atoms with Crippen LogP contribution in [0.3, 0.4) is 0 Å². The van der Waals surface area contributed by atoms with Gasteiger partial charge < -0.3 is 10.1 Å². The van der Waals surface area contributed by atoms with Crippen molar-refractivity contribution in [3.8, 4) is 11.5 Å². The maximum absolute atomic E-state index is 6.11. The number of halogens is 1. The van der Waals surface area contributed by atoms with Crippen LogP contribution in [0.5, 0.6) is 11.5 Å². The first-order chi connectivity index (χ1) is 8.69. The first-order valence-corrected chi connectivity index (χ1v) is 6.24. The Morgan fingerprint density at radius 2 is 2.00 bits per heavy atom. The highest BCUT2D eigenvalue weighted by Crippen LogP contribution is 2.30. The minimum atomic E-state index is 0.625. The Morgan fingerprint density at radius 3 is 2.78 bits per heavy atom. The molecule has 0 saturated carbocycles. The van der Waals surface area contributed by atoms with Crippen molar-refractivity contribution in [3.63, 3.8) is 0 Å². The Balaban J connectivity index is 2.22. The van der Waals surface area contributed by atoms with Gasteiger partial charge in [-0.1, -0.05) is 29.8 Å². The summed E-state index contributed by atoms with van der Waals surface area (Å²) in [4.78, 5) is 0. The fourth-order valence-corrected chi connectivity index (χ4v) is 1.89. The van der Waals surface area contributed by atoms with Gasteiger partial charge >= 0.3 is 0 Å². The number of ether oxygens (including phenoxy) is 1. The molecule has 1 N–H and O–H groups in total. The van der Waals surface area contributed by atoms with Crippen molar-refractivity contribution >= 4 is 11.6 Å². The van der Waals surface area contributed by atoms with Crippen LogP contribution in [-0.2, 0) is 6.54 Å². The smallest absolute Gasteiger partial charge is 0.146 e. The van der Waals surface area contributed by atoms with Crippen LogP contribution in [0.4, 0.5) is 0 Å². The number of hydrogen-bond donors (Lipinski definition) is 1. The van der Waals surface area contributed by atoms with Gasteiger partial charge in [-0.2, -0.15) is 0 Å². The summed E-state index contributed by atoms with van der Waals surface area (Å²) < 4.78 is 5.82. The van der Waals surface area contributed by atoms with E-state index in [0.717, 1.165) is 17.9 Å². The molecule has 0 aliphatic carbocycles. The Labute approximate surface area is 113 Å². The van der Waals surface area contributed by atoms with Gasteiger partial charge in [-0.3, -0.25) is 0 Å². The molecule has 0 aromatic heterocycles. The Kier molecular flexibility index (Phi) is 4.24. The van der Waals surface area contributed by atoms with Crippen LogP contribution in [0.2, 0.25) is 5.02 Å². The maximum atomic E-state index is 6.11. The zero-order valence-corrected chi connectivity index (χ0v) is 11.3. The predicted octanol–water partition coefficient (Wildman–Crippen LogP) is 4.16. The van der Waals surface area contributed by atoms with E-state index in [-0.39, 0.29) is 0 Å². The average molecular weight is 262 g/mol. The maximum Gasteiger partial charge on any atom is 0.146 e. The second-order valence-corrected chi connectivity index (χ2v) is 4.62. The molecule has 0 fully saturated rings. The van der Waals surface area contributed by atoms with Crippen molar-refractivity contribution in [2.45, 2.75) is 13.5 Å². The van der Waals surface area contributed by atoms with Gasteiger partial charge in [0.05, 0.1) is 5.02 Å². The molecular weight excluding hydrogens is 246 g/mol. The molecule has 0 heterocycles. The SMILES string of the molecule is CNCc1cccc(Oc2cc(C)ccc2Cl)c1. The zero-order valence-electron chi connectivity index (χ0n) is 10.5. The molecule has 2 aromatic carbocycles. The Hall–Kier alpha value is -1.51. The topological polar surface area (TPSA) is 21.3 Å². The summed E-state index contributed by atoms with van der Waals surface area (Å²) in [5.41, 5.74) is 2.31. The fourth-order valence-electron chi connectivity index (χ4n) is 1.74. The Morgan fingerprint density at radius 1 is 1.17 bits per heavy atom. The molecule has 0 aliphatic heterocycles. The molecule has 0 atom stereocenters. The lowest BCUT2D eigenvalue weighted by Crippen LogP contribution is -2.04. The first-order valence-electron chi connectivity index (χ1n) is 5.86. The number of hydrogen-bond acceptors (Lipinski definition) is 2. The van der Waals surface area contributed by atoms with Crippen molar-refractivity contribution in [1.29, 1.82) is 0 Å². The summed E-state index contributed by atoms with van der Waals surface area (Å²) in [6, 6.07) is 13.7. The van der Waals surface area contributed by atoms with Gasteiger partial charge in [0.2, 0.25) is 0 Å². The van der Waals surface area contributed by atoms with Gasteiger partial charge in [-0.15, -0.1) is 0 Å². The van der Waals surface area contributed by atoms with Crippen LogP contribution in [0.25, 0.3) is 0 Å². The van der Waals surface area contributed by atoms with E-state index in [9.17, 15) is 0 Å². The lowest BCUT2D eigenvalue weighted by molar-refractivity contribution is 0.481. The molecule has 2 nitrogen and oxygen atoms in total. The van der Waals surface area contributed by atoms with Crippen molar-refractivity contribution in [3.05, 3.63) is 58.6 Å². The summed E-state index contributed by atoms with van der Waals surface area (Å²) in [7, 11) is 1.92. The van der Waals surface area contributed by atoms with E-state index in [1.807, 2.05) is 50.4 Å². The van der Waals surface area contributed by atoms with E-state index in [1.165, 1.54) is 5.56 Å². The minimum absolute atomic E-state index is 0.625. The molecule has 2 aromatic rings. The van der Waals surface area contributed by atoms with Crippen LogP contribution >= 0.6 is 11.6 Å². The predicted molar refractivity (Wildman–Crippen MR) is 75.5 cm³/mol. The highest BCUT2D eigenvalue weighted by molar-refractivity contribution is 6.32. The van der Waals surface area contributed by atoms with Gasteiger partial charge in [0.25, 0.3) is 0 Å². The van der Waals surface area contributed by atoms with Gasteiger partial charge in [-0.05, 0) is 49.4 Å². The second kappa shape index (κ2) is 5.89. The van der Waals surface area contributed by atoms with Crippen molar-refractivity contribution in [1.82, 2.24) is 5.32 Å². The first kappa shape index (κ1) is 12.9. The molecule has 0 unspecified atom stereocenters. The van der Waals surface area contributed by atoms with Crippen molar-refractivity contribution in [2.75, 3.05) is 7.05 Å². The van der Waals surface area contributed by atoms with Crippen LogP contribution in [-0.4, -0.2) is 7.05 Å². The normalized spacial score (nSPS) is 10.4. The lowest BCUT2D eigenvalue weighted by atomic mass is 10.2. The quantitative estimate of drug-likeness (QED) is 0.892. The van der Waals surface area contributed by atoms with Gasteiger partial charge in [-0.25, -0.2) is 0 Å². The third-order valence-corrected chi connectivity index (χ3v) is 2.91. The highest BCUT2D eigenvalue weighted by atomic mass is 35.5. The molecular formula is C15H16ClNO. The number of rotatable bonds is 4. The fraction of sp³-hybridized carbons (Fsp3) is 0.200. The molecule has 0 amide bonds. The van der Waals surface area contributed by atoms with Crippen LogP contribution in [0, 0.1) is 6.92 Å². The highest BCUT2D eigenvalue weighted by Gasteiger charge is 2.04. The van der Waals surface area contributed by atoms with E-state index in [4.69, 9.17) is 16.3 Å². The summed E-state index contributed by atoms with van der Waals surface area (Å²) in [6.45, 7) is 2.83. The number of benzene rings is 2. The molecule has 0 aliphatic rings. The van der Waals surface area contributed by atoms with Crippen LogP contribution < -0.4 is 10.1 Å². The largest absolute Gasteiger partial charge is 0.456 e. The molecule has 0 radical (unpaired) electrons. The van der Waals surface area contributed by atoms with Crippen LogP contribution in [0.1, 0.15) is 11.1 Å². The molecule has 3 heteroatoms. The van der Waals surface area contributed by atoms with Crippen molar-refractivity contribution < 1.29 is 4.74 Å². The minimum Gasteiger partial charge on any atom is -0.456 e. The van der Waals surface area contributed by atoms with E-state index in [1.54, 1.807) is 0 Å². The summed E-state index contributed by atoms with van der Waals surface area (Å²) in [5.74, 6) is 1.49. The van der Waals surface area contributed by atoms with Crippen molar-refractivity contribution in [2.24, 2.45) is 0 Å². The average Bonchev–Trinajstić information content (AvgIpc) is 2.35. The van der Waals surface area contributed by atoms with Crippen LogP contribution in [0.15, 0.2) is 42.5 Å². The monoisotopic (exact) mass is 261 g/mol. The summed E-state index contributed by atoms with van der Waals surface area (Å²) >= 11 is 6.11. The lowest BCUT2D eigenvalue weighted by Gasteiger charge is -2.09. The molecule has 18 heavy (non-hydrogen) atoms. The Bertz CT molecular complexity index is 540. The zero-order chi connectivity index (χ0) is 13.0. The number of nitrogens with one attached hydrogen (secondary N) is 1. The second-order valence-electron chi connectivity index (χ2n) is 4.21.